The number of carbonyl (C=O) groups is 1. The number of fused-ring (bicyclic) bond motifs is 1. The first kappa shape index (κ1) is 13.6. The van der Waals surface area contributed by atoms with Gasteiger partial charge in [0.05, 0.1) is 6.10 Å². The maximum Gasteiger partial charge on any atom is 0.258 e. The van der Waals surface area contributed by atoms with E-state index in [1.807, 2.05) is 18.2 Å². The molecule has 2 rings (SSSR count). The molecule has 0 bridgehead atoms. The maximum atomic E-state index is 11.4. The van der Waals surface area contributed by atoms with Crippen molar-refractivity contribution in [3.05, 3.63) is 42.0 Å². The number of ether oxygens (including phenoxy) is 1. The third kappa shape index (κ3) is 3.58. The van der Waals surface area contributed by atoms with Crippen LogP contribution in [0.4, 0.5) is 0 Å². The van der Waals surface area contributed by atoms with Crippen LogP contribution in [0.5, 0.6) is 5.75 Å². The molecule has 0 unspecified atom stereocenters. The number of rotatable bonds is 5. The molecule has 1 aromatic rings. The Morgan fingerprint density at radius 2 is 2.42 bits per heavy atom. The van der Waals surface area contributed by atoms with Gasteiger partial charge in [0.15, 0.2) is 6.61 Å². The van der Waals surface area contributed by atoms with Crippen LogP contribution in [0.25, 0.3) is 0 Å². The molecule has 1 amide bonds. The van der Waals surface area contributed by atoms with E-state index in [-0.39, 0.29) is 12.5 Å². The van der Waals surface area contributed by atoms with Gasteiger partial charge in [-0.1, -0.05) is 12.1 Å². The second-order valence-electron chi connectivity index (χ2n) is 4.65. The predicted molar refractivity (Wildman–Crippen MR) is 73.0 cm³/mol. The van der Waals surface area contributed by atoms with Crippen molar-refractivity contribution in [2.24, 2.45) is 0 Å². The Morgan fingerprint density at radius 3 is 3.21 bits per heavy atom. The molecule has 0 saturated heterocycles. The molecule has 0 fully saturated rings. The zero-order chi connectivity index (χ0) is 13.7. The lowest BCUT2D eigenvalue weighted by Crippen LogP contribution is -2.28. The lowest BCUT2D eigenvalue weighted by Gasteiger charge is -2.21. The Bertz CT molecular complexity index is 470. The van der Waals surface area contributed by atoms with Crippen molar-refractivity contribution in [2.75, 3.05) is 13.2 Å². The van der Waals surface area contributed by atoms with Crippen molar-refractivity contribution < 1.29 is 14.6 Å². The average molecular weight is 261 g/mol. The molecule has 0 radical (unpaired) electrons. The van der Waals surface area contributed by atoms with Gasteiger partial charge in [0.2, 0.25) is 0 Å². The summed E-state index contributed by atoms with van der Waals surface area (Å²) in [5.41, 5.74) is 2.09. The summed E-state index contributed by atoms with van der Waals surface area (Å²) in [5, 5.41) is 12.6. The summed E-state index contributed by atoms with van der Waals surface area (Å²) < 4.78 is 5.42. The van der Waals surface area contributed by atoms with Crippen molar-refractivity contribution in [2.45, 2.75) is 25.4 Å². The van der Waals surface area contributed by atoms with Crippen LogP contribution in [0.2, 0.25) is 0 Å². The number of benzene rings is 1. The number of hydrogen-bond donors (Lipinski definition) is 2. The largest absolute Gasteiger partial charge is 0.484 e. The van der Waals surface area contributed by atoms with Gasteiger partial charge in [0.25, 0.3) is 5.91 Å². The van der Waals surface area contributed by atoms with Gasteiger partial charge in [-0.05, 0) is 42.5 Å². The maximum absolute atomic E-state index is 11.4. The minimum absolute atomic E-state index is 0.0251. The fourth-order valence-electron chi connectivity index (χ4n) is 2.23. The minimum atomic E-state index is -0.415. The summed E-state index contributed by atoms with van der Waals surface area (Å²) in [7, 11) is 0. The summed E-state index contributed by atoms with van der Waals surface area (Å²) in [4.78, 5) is 11.4. The van der Waals surface area contributed by atoms with E-state index in [2.05, 4.69) is 11.9 Å². The number of amides is 1. The van der Waals surface area contributed by atoms with Crippen LogP contribution in [-0.2, 0) is 11.2 Å². The zero-order valence-electron chi connectivity index (χ0n) is 10.9. The van der Waals surface area contributed by atoms with Crippen LogP contribution in [0.15, 0.2) is 30.9 Å². The number of carbonyl (C=O) groups excluding carboxylic acids is 1. The van der Waals surface area contributed by atoms with E-state index in [0.717, 1.165) is 24.8 Å². The molecule has 0 spiro atoms. The number of aliphatic hydroxyl groups excluding tert-OH is 1. The minimum Gasteiger partial charge on any atom is -0.484 e. The smallest absolute Gasteiger partial charge is 0.258 e. The number of nitrogens with one attached hydrogen (secondary N) is 1. The van der Waals surface area contributed by atoms with Crippen LogP contribution in [-0.4, -0.2) is 24.2 Å². The standard InChI is InChI=1S/C15H19NO3/c1-2-8-16-15(18)10-19-12-7-6-11-4-3-5-14(17)13(11)9-12/h2,6-7,9,14,17H,1,3-5,8,10H2,(H,16,18)/t14-/m0/s1. The lowest BCUT2D eigenvalue weighted by molar-refractivity contribution is -0.122. The van der Waals surface area contributed by atoms with Crippen LogP contribution >= 0.6 is 0 Å². The molecule has 0 aromatic heterocycles. The van der Waals surface area contributed by atoms with Crippen molar-refractivity contribution in [3.8, 4) is 5.75 Å². The highest BCUT2D eigenvalue weighted by molar-refractivity contribution is 5.77. The van der Waals surface area contributed by atoms with Crippen molar-refractivity contribution in [1.82, 2.24) is 5.32 Å². The van der Waals surface area contributed by atoms with Crippen LogP contribution in [0.1, 0.15) is 30.1 Å². The summed E-state index contributed by atoms with van der Waals surface area (Å²) >= 11 is 0. The van der Waals surface area contributed by atoms with E-state index in [9.17, 15) is 9.90 Å². The quantitative estimate of drug-likeness (QED) is 0.794. The number of aliphatic hydroxyl groups is 1. The molecule has 19 heavy (non-hydrogen) atoms. The fraction of sp³-hybridized carbons (Fsp3) is 0.400. The van der Waals surface area contributed by atoms with Gasteiger partial charge in [0.1, 0.15) is 5.75 Å². The molecule has 0 aliphatic heterocycles. The first-order valence-electron chi connectivity index (χ1n) is 6.52. The van der Waals surface area contributed by atoms with E-state index in [0.29, 0.717) is 12.3 Å². The molecule has 2 N–H and O–H groups in total. The molecule has 1 aliphatic rings. The molecular weight excluding hydrogens is 242 g/mol. The van der Waals surface area contributed by atoms with Gasteiger partial charge in [-0.15, -0.1) is 6.58 Å². The highest BCUT2D eigenvalue weighted by Gasteiger charge is 2.18. The van der Waals surface area contributed by atoms with E-state index >= 15 is 0 Å². The monoisotopic (exact) mass is 261 g/mol. The Labute approximate surface area is 113 Å². The van der Waals surface area contributed by atoms with Crippen LogP contribution in [0, 0.1) is 0 Å². The Kier molecular flexibility index (Phi) is 4.58. The Balaban J connectivity index is 1.96. The Morgan fingerprint density at radius 1 is 1.58 bits per heavy atom. The van der Waals surface area contributed by atoms with E-state index in [4.69, 9.17) is 4.74 Å². The van der Waals surface area contributed by atoms with Crippen molar-refractivity contribution in [3.63, 3.8) is 0 Å². The fourth-order valence-corrected chi connectivity index (χ4v) is 2.23. The molecule has 1 atom stereocenters. The van der Waals surface area contributed by atoms with Gasteiger partial charge in [-0.25, -0.2) is 0 Å². The average Bonchev–Trinajstić information content (AvgIpc) is 2.43. The zero-order valence-corrected chi connectivity index (χ0v) is 10.9. The normalized spacial score (nSPS) is 17.4. The van der Waals surface area contributed by atoms with Crippen LogP contribution < -0.4 is 10.1 Å². The van der Waals surface area contributed by atoms with Crippen molar-refractivity contribution in [1.29, 1.82) is 0 Å². The predicted octanol–water partition coefficient (Wildman–Crippen LogP) is 1.74. The molecule has 0 heterocycles. The van der Waals surface area contributed by atoms with Crippen molar-refractivity contribution >= 4 is 5.91 Å². The molecular formula is C15H19NO3. The molecule has 4 nitrogen and oxygen atoms in total. The topological polar surface area (TPSA) is 58.6 Å². The summed E-state index contributed by atoms with van der Waals surface area (Å²) in [6.07, 6.45) is 4.00. The first-order valence-corrected chi connectivity index (χ1v) is 6.52. The highest BCUT2D eigenvalue weighted by Crippen LogP contribution is 2.32. The number of hydrogen-bond acceptors (Lipinski definition) is 3. The Hall–Kier alpha value is -1.81. The summed E-state index contributed by atoms with van der Waals surface area (Å²) in [6, 6.07) is 5.65. The van der Waals surface area contributed by atoms with E-state index < -0.39 is 6.10 Å². The number of aryl methyl sites for hydroxylation is 1. The molecule has 4 heteroatoms. The molecule has 102 valence electrons. The molecule has 0 saturated carbocycles. The van der Waals surface area contributed by atoms with Gasteiger partial charge in [0, 0.05) is 6.54 Å². The molecule has 1 aliphatic carbocycles. The third-order valence-corrected chi connectivity index (χ3v) is 3.21. The second kappa shape index (κ2) is 6.38. The highest BCUT2D eigenvalue weighted by atomic mass is 16.5. The third-order valence-electron chi connectivity index (χ3n) is 3.21. The summed E-state index contributed by atoms with van der Waals surface area (Å²) in [6.45, 7) is 3.93. The van der Waals surface area contributed by atoms with Gasteiger partial charge >= 0.3 is 0 Å². The summed E-state index contributed by atoms with van der Waals surface area (Å²) in [5.74, 6) is 0.437. The van der Waals surface area contributed by atoms with E-state index in [1.54, 1.807) is 6.08 Å². The molecule has 1 aromatic carbocycles. The lowest BCUT2D eigenvalue weighted by atomic mass is 9.89. The van der Waals surface area contributed by atoms with Gasteiger partial charge in [-0.3, -0.25) is 4.79 Å². The van der Waals surface area contributed by atoms with Gasteiger partial charge < -0.3 is 15.2 Å². The van der Waals surface area contributed by atoms with Crippen LogP contribution in [0.3, 0.4) is 0 Å². The second-order valence-corrected chi connectivity index (χ2v) is 4.65. The SMILES string of the molecule is C=CCNC(=O)COc1ccc2c(c1)[C@@H](O)CCC2. The first-order chi connectivity index (χ1) is 9.20. The van der Waals surface area contributed by atoms with Gasteiger partial charge in [-0.2, -0.15) is 0 Å². The van der Waals surface area contributed by atoms with E-state index in [1.165, 1.54) is 5.56 Å².